The maximum absolute atomic E-state index is 10.1. The van der Waals surface area contributed by atoms with E-state index in [0.717, 1.165) is 39.0 Å². The molecule has 0 aromatic heterocycles. The molecular weight excluding hydrogens is 250 g/mol. The number of rotatable bonds is 11. The van der Waals surface area contributed by atoms with Crippen LogP contribution in [0.1, 0.15) is 24.8 Å². The summed E-state index contributed by atoms with van der Waals surface area (Å²) in [6.07, 6.45) is 4.18. The minimum Gasteiger partial charge on any atom is -0.392 e. The lowest BCUT2D eigenvalue weighted by Crippen LogP contribution is -2.33. The Labute approximate surface area is 122 Å². The van der Waals surface area contributed by atoms with Crippen molar-refractivity contribution >= 4 is 0 Å². The van der Waals surface area contributed by atoms with E-state index in [4.69, 9.17) is 4.74 Å². The summed E-state index contributed by atoms with van der Waals surface area (Å²) in [4.78, 5) is 2.29. The maximum atomic E-state index is 10.1. The molecule has 0 bridgehead atoms. The molecule has 3 nitrogen and oxygen atoms in total. The van der Waals surface area contributed by atoms with Crippen LogP contribution in [0.2, 0.25) is 0 Å². The number of aliphatic hydroxyl groups excluding tert-OH is 1. The van der Waals surface area contributed by atoms with Crippen LogP contribution in [0.5, 0.6) is 0 Å². The predicted molar refractivity (Wildman–Crippen MR) is 83.6 cm³/mol. The monoisotopic (exact) mass is 277 g/mol. The average molecular weight is 277 g/mol. The molecule has 1 atom stereocenters. The minimum atomic E-state index is -0.292. The first-order valence-electron chi connectivity index (χ1n) is 7.30. The van der Waals surface area contributed by atoms with Crippen LogP contribution in [-0.2, 0) is 11.3 Å². The summed E-state index contributed by atoms with van der Waals surface area (Å²) >= 11 is 0. The van der Waals surface area contributed by atoms with Gasteiger partial charge in [-0.2, -0.15) is 0 Å². The molecule has 1 rings (SSSR count). The molecule has 0 spiro atoms. The molecule has 0 aliphatic carbocycles. The summed E-state index contributed by atoms with van der Waals surface area (Å²) in [6.45, 7) is 6.97. The van der Waals surface area contributed by atoms with Crippen LogP contribution in [-0.4, -0.2) is 42.9 Å². The van der Waals surface area contributed by atoms with Crippen molar-refractivity contribution in [1.82, 2.24) is 4.90 Å². The van der Waals surface area contributed by atoms with Gasteiger partial charge in [0.1, 0.15) is 0 Å². The topological polar surface area (TPSA) is 32.7 Å². The Kier molecular flexibility index (Phi) is 8.96. The van der Waals surface area contributed by atoms with Gasteiger partial charge in [0, 0.05) is 33.4 Å². The third kappa shape index (κ3) is 7.43. The summed E-state index contributed by atoms with van der Waals surface area (Å²) in [7, 11) is 1.72. The molecule has 112 valence electrons. The summed E-state index contributed by atoms with van der Waals surface area (Å²) in [5.41, 5.74) is 1.28. The van der Waals surface area contributed by atoms with E-state index in [1.165, 1.54) is 5.56 Å². The van der Waals surface area contributed by atoms with Gasteiger partial charge in [-0.05, 0) is 24.8 Å². The Morgan fingerprint density at radius 2 is 2.10 bits per heavy atom. The van der Waals surface area contributed by atoms with Gasteiger partial charge < -0.3 is 9.84 Å². The van der Waals surface area contributed by atoms with Gasteiger partial charge in [-0.15, -0.1) is 6.58 Å². The van der Waals surface area contributed by atoms with E-state index in [-0.39, 0.29) is 6.10 Å². The van der Waals surface area contributed by atoms with Gasteiger partial charge in [0.2, 0.25) is 0 Å². The number of methoxy groups -OCH3 is 1. The minimum absolute atomic E-state index is 0.292. The third-order valence-electron chi connectivity index (χ3n) is 3.24. The molecule has 0 amide bonds. The number of hydrogen-bond acceptors (Lipinski definition) is 3. The fourth-order valence-electron chi connectivity index (χ4n) is 2.21. The van der Waals surface area contributed by atoms with E-state index >= 15 is 0 Å². The first kappa shape index (κ1) is 16.9. The van der Waals surface area contributed by atoms with Crippen molar-refractivity contribution in [3.63, 3.8) is 0 Å². The molecule has 0 fully saturated rings. The lowest BCUT2D eigenvalue weighted by molar-refractivity contribution is 0.0942. The zero-order valence-corrected chi connectivity index (χ0v) is 12.5. The highest BCUT2D eigenvalue weighted by Crippen LogP contribution is 2.08. The second kappa shape index (κ2) is 10.6. The summed E-state index contributed by atoms with van der Waals surface area (Å²) in [5.74, 6) is 0. The summed E-state index contributed by atoms with van der Waals surface area (Å²) < 4.78 is 5.11. The molecule has 20 heavy (non-hydrogen) atoms. The molecule has 1 N–H and O–H groups in total. The van der Waals surface area contributed by atoms with E-state index in [9.17, 15) is 5.11 Å². The first-order chi connectivity index (χ1) is 9.76. The van der Waals surface area contributed by atoms with Gasteiger partial charge in [0.05, 0.1) is 6.10 Å². The van der Waals surface area contributed by atoms with Crippen molar-refractivity contribution in [3.05, 3.63) is 48.6 Å². The fraction of sp³-hybridized carbons (Fsp3) is 0.529. The third-order valence-corrected chi connectivity index (χ3v) is 3.24. The predicted octanol–water partition coefficient (Wildman–Crippen LogP) is 2.85. The van der Waals surface area contributed by atoms with Crippen LogP contribution >= 0.6 is 0 Å². The van der Waals surface area contributed by atoms with Crippen LogP contribution in [0.15, 0.2) is 43.0 Å². The molecular formula is C17H27NO2. The van der Waals surface area contributed by atoms with Crippen LogP contribution in [0, 0.1) is 0 Å². The second-order valence-electron chi connectivity index (χ2n) is 5.09. The molecule has 0 saturated carbocycles. The maximum Gasteiger partial charge on any atom is 0.0670 e. The Hall–Kier alpha value is -1.16. The van der Waals surface area contributed by atoms with Crippen molar-refractivity contribution in [3.8, 4) is 0 Å². The van der Waals surface area contributed by atoms with Crippen molar-refractivity contribution in [2.75, 3.05) is 26.8 Å². The number of aliphatic hydroxyl groups is 1. The summed E-state index contributed by atoms with van der Waals surface area (Å²) in [6, 6.07) is 10.4. The lowest BCUT2D eigenvalue weighted by Gasteiger charge is -2.25. The number of nitrogens with zero attached hydrogens (tertiary/aromatic N) is 1. The zero-order valence-electron chi connectivity index (χ0n) is 12.5. The van der Waals surface area contributed by atoms with Crippen LogP contribution in [0.3, 0.4) is 0 Å². The van der Waals surface area contributed by atoms with Gasteiger partial charge in [-0.3, -0.25) is 4.90 Å². The highest BCUT2D eigenvalue weighted by atomic mass is 16.5. The molecule has 0 aliphatic heterocycles. The lowest BCUT2D eigenvalue weighted by atomic mass is 10.1. The molecule has 0 aliphatic rings. The summed E-state index contributed by atoms with van der Waals surface area (Å²) in [5, 5.41) is 10.1. The molecule has 0 heterocycles. The van der Waals surface area contributed by atoms with Crippen LogP contribution in [0.4, 0.5) is 0 Å². The molecule has 1 aromatic carbocycles. The Morgan fingerprint density at radius 3 is 2.75 bits per heavy atom. The van der Waals surface area contributed by atoms with Crippen molar-refractivity contribution in [2.45, 2.75) is 31.9 Å². The molecule has 0 radical (unpaired) electrons. The normalized spacial score (nSPS) is 12.6. The van der Waals surface area contributed by atoms with Crippen molar-refractivity contribution in [1.29, 1.82) is 0 Å². The van der Waals surface area contributed by atoms with Gasteiger partial charge >= 0.3 is 0 Å². The number of ether oxygens (including phenoxy) is 1. The Bertz CT molecular complexity index is 353. The van der Waals surface area contributed by atoms with E-state index in [1.54, 1.807) is 7.11 Å². The highest BCUT2D eigenvalue weighted by Gasteiger charge is 2.11. The molecule has 1 unspecified atom stereocenters. The quantitative estimate of drug-likeness (QED) is 0.499. The smallest absolute Gasteiger partial charge is 0.0670 e. The number of hydrogen-bond donors (Lipinski definition) is 1. The van der Waals surface area contributed by atoms with E-state index in [2.05, 4.69) is 35.7 Å². The van der Waals surface area contributed by atoms with Crippen LogP contribution < -0.4 is 0 Å². The largest absolute Gasteiger partial charge is 0.392 e. The van der Waals surface area contributed by atoms with E-state index in [1.807, 2.05) is 12.1 Å². The van der Waals surface area contributed by atoms with Crippen molar-refractivity contribution in [2.24, 2.45) is 0 Å². The van der Waals surface area contributed by atoms with Gasteiger partial charge in [0.25, 0.3) is 0 Å². The van der Waals surface area contributed by atoms with E-state index < -0.39 is 0 Å². The average Bonchev–Trinajstić information content (AvgIpc) is 2.46. The standard InChI is InChI=1S/C17H27NO2/c1-3-4-11-17(19)15-18(12-8-13-20-2)14-16-9-6-5-7-10-16/h3,5-7,9-10,17,19H,1,4,8,11-15H2,2H3. The molecule has 1 aromatic rings. The Balaban J connectivity index is 2.48. The highest BCUT2D eigenvalue weighted by molar-refractivity contribution is 5.14. The molecule has 0 saturated heterocycles. The Morgan fingerprint density at radius 1 is 1.35 bits per heavy atom. The van der Waals surface area contributed by atoms with Gasteiger partial charge in [-0.1, -0.05) is 36.4 Å². The fourth-order valence-corrected chi connectivity index (χ4v) is 2.21. The van der Waals surface area contributed by atoms with Crippen LogP contribution in [0.25, 0.3) is 0 Å². The van der Waals surface area contributed by atoms with Gasteiger partial charge in [-0.25, -0.2) is 0 Å². The van der Waals surface area contributed by atoms with Crippen molar-refractivity contribution < 1.29 is 9.84 Å². The first-order valence-corrected chi connectivity index (χ1v) is 7.30. The number of benzene rings is 1. The van der Waals surface area contributed by atoms with Gasteiger partial charge in [0.15, 0.2) is 0 Å². The second-order valence-corrected chi connectivity index (χ2v) is 5.09. The molecule has 3 heteroatoms. The SMILES string of the molecule is C=CCCC(O)CN(CCCOC)Cc1ccccc1. The number of allylic oxidation sites excluding steroid dienone is 1. The van der Waals surface area contributed by atoms with E-state index in [0.29, 0.717) is 6.54 Å². The zero-order chi connectivity index (χ0) is 14.6.